The number of halogens is 1. The van der Waals surface area contributed by atoms with Crippen molar-refractivity contribution in [3.05, 3.63) is 68.4 Å². The lowest BCUT2D eigenvalue weighted by molar-refractivity contribution is -0.402. The number of rotatable bonds is 4. The van der Waals surface area contributed by atoms with Crippen molar-refractivity contribution in [3.8, 4) is 0 Å². The third-order valence-electron chi connectivity index (χ3n) is 2.31. The maximum Gasteiger partial charge on any atom is 0.433 e. The zero-order valence-electron chi connectivity index (χ0n) is 9.58. The van der Waals surface area contributed by atoms with Gasteiger partial charge < -0.3 is 4.42 Å². The van der Waals surface area contributed by atoms with E-state index in [0.717, 1.165) is 11.6 Å². The lowest BCUT2D eigenvalue weighted by Gasteiger charge is -1.96. The number of nitrogens with zero attached hydrogens (tertiary/aromatic N) is 1. The van der Waals surface area contributed by atoms with Gasteiger partial charge in [-0.2, -0.15) is 0 Å². The van der Waals surface area contributed by atoms with Gasteiger partial charge in [-0.3, -0.25) is 14.9 Å². The molecule has 0 aliphatic heterocycles. The number of carbonyl (C=O) groups excluding carboxylic acids is 1. The van der Waals surface area contributed by atoms with Crippen molar-refractivity contribution in [2.24, 2.45) is 0 Å². The minimum Gasteiger partial charge on any atom is -0.397 e. The number of hydrogen-bond donors (Lipinski definition) is 0. The lowest BCUT2D eigenvalue weighted by atomic mass is 10.2. The minimum absolute atomic E-state index is 0.0780. The first-order valence-corrected chi connectivity index (χ1v) is 6.08. The third kappa shape index (κ3) is 3.17. The van der Waals surface area contributed by atoms with E-state index in [2.05, 4.69) is 15.9 Å². The molecule has 0 amide bonds. The molecule has 0 saturated carbocycles. The summed E-state index contributed by atoms with van der Waals surface area (Å²) in [7, 11) is 0. The largest absolute Gasteiger partial charge is 0.433 e. The molecule has 96 valence electrons. The number of nitro groups is 1. The highest BCUT2D eigenvalue weighted by atomic mass is 79.9. The van der Waals surface area contributed by atoms with Gasteiger partial charge in [0.1, 0.15) is 4.92 Å². The third-order valence-corrected chi connectivity index (χ3v) is 2.89. The van der Waals surface area contributed by atoms with Crippen molar-refractivity contribution >= 4 is 33.7 Å². The smallest absolute Gasteiger partial charge is 0.397 e. The van der Waals surface area contributed by atoms with Crippen LogP contribution in [-0.4, -0.2) is 10.7 Å². The maximum atomic E-state index is 12.0. The molecular formula is C13H8BrNO4. The predicted molar refractivity (Wildman–Crippen MR) is 73.0 cm³/mol. The molecule has 0 atom stereocenters. The summed E-state index contributed by atoms with van der Waals surface area (Å²) in [5, 5.41) is 10.5. The molecule has 0 fully saturated rings. The number of ketones is 1. The van der Waals surface area contributed by atoms with E-state index in [9.17, 15) is 14.9 Å². The molecule has 1 heterocycles. The Morgan fingerprint density at radius 2 is 1.89 bits per heavy atom. The molecule has 6 heteroatoms. The molecule has 0 N–H and O–H groups in total. The van der Waals surface area contributed by atoms with Crippen LogP contribution >= 0.6 is 15.9 Å². The quantitative estimate of drug-likeness (QED) is 0.371. The predicted octanol–water partition coefficient (Wildman–Crippen LogP) is 3.81. The number of allylic oxidation sites excluding steroid dienone is 1. The summed E-state index contributed by atoms with van der Waals surface area (Å²) in [6.45, 7) is 0. The molecule has 19 heavy (non-hydrogen) atoms. The van der Waals surface area contributed by atoms with E-state index >= 15 is 0 Å². The Bertz CT molecular complexity index is 646. The summed E-state index contributed by atoms with van der Waals surface area (Å²) in [6, 6.07) is 11.6. The summed E-state index contributed by atoms with van der Waals surface area (Å²) in [6.07, 6.45) is 1.62. The average molecular weight is 322 g/mol. The molecular weight excluding hydrogens is 314 g/mol. The Hall–Kier alpha value is -2.21. The van der Waals surface area contributed by atoms with Crippen LogP contribution in [0.2, 0.25) is 0 Å². The summed E-state index contributed by atoms with van der Waals surface area (Å²) in [5.41, 5.74) is 0.837. The van der Waals surface area contributed by atoms with Crippen molar-refractivity contribution < 1.29 is 14.1 Å². The van der Waals surface area contributed by atoms with E-state index in [1.807, 2.05) is 30.3 Å². The Kier molecular flexibility index (Phi) is 3.91. The SMILES string of the molecule is O=C(/C(Br)=C/c1ccccc1)c1ccc([N+](=O)[O-])o1. The van der Waals surface area contributed by atoms with Crippen LogP contribution in [0.3, 0.4) is 0 Å². The van der Waals surface area contributed by atoms with Gasteiger partial charge in [0.25, 0.3) is 0 Å². The normalized spacial score (nSPS) is 11.3. The molecule has 0 unspecified atom stereocenters. The molecule has 5 nitrogen and oxygen atoms in total. The molecule has 0 spiro atoms. The fraction of sp³-hybridized carbons (Fsp3) is 0. The first-order valence-electron chi connectivity index (χ1n) is 5.29. The maximum absolute atomic E-state index is 12.0. The fourth-order valence-corrected chi connectivity index (χ4v) is 1.89. The van der Waals surface area contributed by atoms with Gasteiger partial charge >= 0.3 is 5.88 Å². The van der Waals surface area contributed by atoms with Gasteiger partial charge in [0.05, 0.1) is 10.5 Å². The molecule has 0 bridgehead atoms. The second-order valence-electron chi connectivity index (χ2n) is 3.63. The van der Waals surface area contributed by atoms with Crippen molar-refractivity contribution in [1.29, 1.82) is 0 Å². The van der Waals surface area contributed by atoms with Crippen molar-refractivity contribution in [3.63, 3.8) is 0 Å². The topological polar surface area (TPSA) is 73.3 Å². The number of carbonyl (C=O) groups is 1. The van der Waals surface area contributed by atoms with E-state index in [4.69, 9.17) is 4.42 Å². The summed E-state index contributed by atoms with van der Waals surface area (Å²) in [5.74, 6) is -0.980. The Balaban J connectivity index is 2.23. The number of Topliss-reactive ketones (excluding diaryl/α,β-unsaturated/α-hetero) is 1. The Labute approximate surface area is 116 Å². The van der Waals surface area contributed by atoms with Crippen LogP contribution in [0, 0.1) is 10.1 Å². The number of furan rings is 1. The van der Waals surface area contributed by atoms with Crippen LogP contribution in [0.1, 0.15) is 16.1 Å². The molecule has 0 aliphatic rings. The molecule has 2 aromatic rings. The van der Waals surface area contributed by atoms with Crippen LogP contribution < -0.4 is 0 Å². The Morgan fingerprint density at radius 3 is 2.47 bits per heavy atom. The van der Waals surface area contributed by atoms with E-state index in [1.165, 1.54) is 6.07 Å². The number of hydrogen-bond acceptors (Lipinski definition) is 4. The highest BCUT2D eigenvalue weighted by Crippen LogP contribution is 2.22. The first kappa shape index (κ1) is 13.2. The van der Waals surface area contributed by atoms with Gasteiger partial charge in [-0.15, -0.1) is 0 Å². The molecule has 1 aromatic carbocycles. The van der Waals surface area contributed by atoms with Crippen molar-refractivity contribution in [1.82, 2.24) is 0 Å². The molecule has 0 saturated heterocycles. The average Bonchev–Trinajstić information content (AvgIpc) is 2.88. The summed E-state index contributed by atoms with van der Waals surface area (Å²) >= 11 is 3.14. The highest BCUT2D eigenvalue weighted by molar-refractivity contribution is 9.12. The molecule has 1 aromatic heterocycles. The van der Waals surface area contributed by atoms with E-state index in [1.54, 1.807) is 6.08 Å². The van der Waals surface area contributed by atoms with Crippen LogP contribution in [0.25, 0.3) is 6.08 Å². The van der Waals surface area contributed by atoms with E-state index in [-0.39, 0.29) is 10.2 Å². The zero-order chi connectivity index (χ0) is 13.8. The standard InChI is InChI=1S/C13H8BrNO4/c14-10(8-9-4-2-1-3-5-9)13(16)11-6-7-12(19-11)15(17)18/h1-8H/b10-8-. The summed E-state index contributed by atoms with van der Waals surface area (Å²) in [4.78, 5) is 21.7. The molecule has 0 aliphatic carbocycles. The van der Waals surface area contributed by atoms with Gasteiger partial charge in [-0.05, 0) is 33.6 Å². The van der Waals surface area contributed by atoms with Crippen LogP contribution in [0.5, 0.6) is 0 Å². The monoisotopic (exact) mass is 321 g/mol. The van der Waals surface area contributed by atoms with Gasteiger partial charge in [0, 0.05) is 0 Å². The molecule has 2 rings (SSSR count). The number of benzene rings is 1. The highest BCUT2D eigenvalue weighted by Gasteiger charge is 2.19. The first-order chi connectivity index (χ1) is 9.08. The van der Waals surface area contributed by atoms with E-state index in [0.29, 0.717) is 0 Å². The second kappa shape index (κ2) is 5.62. The van der Waals surface area contributed by atoms with Crippen LogP contribution in [0.15, 0.2) is 51.4 Å². The summed E-state index contributed by atoms with van der Waals surface area (Å²) < 4.78 is 5.11. The van der Waals surface area contributed by atoms with Crippen LogP contribution in [-0.2, 0) is 0 Å². The van der Waals surface area contributed by atoms with Gasteiger partial charge in [-0.25, -0.2) is 0 Å². The van der Waals surface area contributed by atoms with Crippen LogP contribution in [0.4, 0.5) is 5.88 Å². The minimum atomic E-state index is -0.689. The van der Waals surface area contributed by atoms with Gasteiger partial charge in [-0.1, -0.05) is 30.3 Å². The zero-order valence-corrected chi connectivity index (χ0v) is 11.2. The molecule has 0 radical (unpaired) electrons. The lowest BCUT2D eigenvalue weighted by Crippen LogP contribution is -1.96. The van der Waals surface area contributed by atoms with Crippen molar-refractivity contribution in [2.75, 3.05) is 0 Å². The van der Waals surface area contributed by atoms with Gasteiger partial charge in [0.2, 0.25) is 5.78 Å². The second-order valence-corrected chi connectivity index (χ2v) is 4.48. The fourth-order valence-electron chi connectivity index (χ4n) is 1.43. The van der Waals surface area contributed by atoms with Gasteiger partial charge in [0.15, 0.2) is 5.76 Å². The Morgan fingerprint density at radius 1 is 1.21 bits per heavy atom. The van der Waals surface area contributed by atoms with E-state index < -0.39 is 16.6 Å². The van der Waals surface area contributed by atoms with Crippen molar-refractivity contribution in [2.45, 2.75) is 0 Å².